The van der Waals surface area contributed by atoms with E-state index in [1.165, 1.54) is 11.1 Å². The lowest BCUT2D eigenvalue weighted by Crippen LogP contribution is -2.31. The number of aromatic hydroxyl groups is 1. The van der Waals surface area contributed by atoms with Gasteiger partial charge in [0.15, 0.2) is 0 Å². The van der Waals surface area contributed by atoms with Crippen LogP contribution in [0.3, 0.4) is 0 Å². The Kier molecular flexibility index (Phi) is 5.09. The summed E-state index contributed by atoms with van der Waals surface area (Å²) in [5, 5.41) is 23.9. The van der Waals surface area contributed by atoms with Crippen molar-refractivity contribution in [2.24, 2.45) is 0 Å². The summed E-state index contributed by atoms with van der Waals surface area (Å²) in [6.07, 6.45) is 3.16. The first kappa shape index (κ1) is 19.6. The predicted molar refractivity (Wildman–Crippen MR) is 124 cm³/mol. The third-order valence-corrected chi connectivity index (χ3v) is 6.48. The maximum Gasteiger partial charge on any atom is 0.144 e. The van der Waals surface area contributed by atoms with E-state index in [9.17, 15) is 10.2 Å². The maximum atomic E-state index is 12.4. The summed E-state index contributed by atoms with van der Waals surface area (Å²) < 4.78 is 0. The molecule has 4 aliphatic carbocycles. The third kappa shape index (κ3) is 3.54. The Balaban J connectivity index is 1.75. The first-order valence-electron chi connectivity index (χ1n) is 10.9. The van der Waals surface area contributed by atoms with Crippen LogP contribution < -0.4 is 0 Å². The Bertz CT molecular complexity index is 1140. The molecule has 0 amide bonds. The average molecular weight is 407 g/mol. The lowest BCUT2D eigenvalue weighted by molar-refractivity contribution is 0.121. The summed E-state index contributed by atoms with van der Waals surface area (Å²) in [7, 11) is 0. The van der Waals surface area contributed by atoms with E-state index >= 15 is 0 Å². The number of hydrogen-bond donors (Lipinski definition) is 2. The van der Waals surface area contributed by atoms with Crippen molar-refractivity contribution in [3.8, 4) is 5.75 Å². The van der Waals surface area contributed by atoms with Crippen LogP contribution >= 0.6 is 0 Å². The van der Waals surface area contributed by atoms with E-state index in [0.29, 0.717) is 5.56 Å². The highest BCUT2D eigenvalue weighted by molar-refractivity contribution is 5.58. The van der Waals surface area contributed by atoms with Gasteiger partial charge in [-0.25, -0.2) is 0 Å². The fourth-order valence-corrected chi connectivity index (χ4v) is 4.73. The van der Waals surface area contributed by atoms with Crippen LogP contribution in [0.1, 0.15) is 38.9 Å². The van der Waals surface area contributed by atoms with Gasteiger partial charge >= 0.3 is 0 Å². The molecule has 4 bridgehead atoms. The topological polar surface area (TPSA) is 40.5 Å². The number of benzene rings is 4. The van der Waals surface area contributed by atoms with Crippen molar-refractivity contribution in [1.29, 1.82) is 0 Å². The number of phenolic OH excluding ortho intramolecular Hbond substituents is 1. The fourth-order valence-electron chi connectivity index (χ4n) is 4.73. The second-order valence-corrected chi connectivity index (χ2v) is 8.37. The first-order chi connectivity index (χ1) is 15.2. The van der Waals surface area contributed by atoms with E-state index in [0.717, 1.165) is 47.9 Å². The third-order valence-electron chi connectivity index (χ3n) is 6.48. The molecule has 2 nitrogen and oxygen atoms in total. The van der Waals surface area contributed by atoms with E-state index < -0.39 is 5.60 Å². The van der Waals surface area contributed by atoms with Crippen LogP contribution in [0.2, 0.25) is 0 Å². The van der Waals surface area contributed by atoms with E-state index in [4.69, 9.17) is 0 Å². The Morgan fingerprint density at radius 2 is 0.968 bits per heavy atom. The standard InChI is InChI=1S/C29H26O2/c30-28-24-18-16-22-13-11-21(12-14-22)15-17-23(19-20-24)27(28)29(31,25-7-3-1-4-8-25)26-9-5-2-6-10-26/h1-14,19-20,30-31H,15-18H2. The van der Waals surface area contributed by atoms with Gasteiger partial charge in [-0.1, -0.05) is 97.1 Å². The molecule has 2 N–H and O–H groups in total. The zero-order valence-corrected chi connectivity index (χ0v) is 17.5. The maximum absolute atomic E-state index is 12.4. The smallest absolute Gasteiger partial charge is 0.144 e. The van der Waals surface area contributed by atoms with Gasteiger partial charge in [-0.15, -0.1) is 0 Å². The lowest BCUT2D eigenvalue weighted by Gasteiger charge is -2.33. The Labute approximate surface area is 183 Å². The van der Waals surface area contributed by atoms with Gasteiger partial charge in [0.1, 0.15) is 11.4 Å². The molecule has 31 heavy (non-hydrogen) atoms. The van der Waals surface area contributed by atoms with Crippen molar-refractivity contribution in [1.82, 2.24) is 0 Å². The Morgan fingerprint density at radius 1 is 0.516 bits per heavy atom. The molecule has 0 atom stereocenters. The first-order valence-corrected chi connectivity index (χ1v) is 10.9. The SMILES string of the molecule is Oc1c2ccc(c1C(O)(c1ccccc1)c1ccccc1)CCc1ccc(cc1)CC2. The van der Waals surface area contributed by atoms with Crippen LogP contribution in [-0.2, 0) is 31.3 Å². The molecule has 0 aliphatic heterocycles. The highest BCUT2D eigenvalue weighted by Gasteiger charge is 2.38. The quantitative estimate of drug-likeness (QED) is 0.437. The van der Waals surface area contributed by atoms with Crippen LogP contribution in [0.15, 0.2) is 97.1 Å². The number of hydrogen-bond acceptors (Lipinski definition) is 2. The molecule has 0 radical (unpaired) electrons. The average Bonchev–Trinajstić information content (AvgIpc) is 2.82. The molecule has 4 aromatic rings. The van der Waals surface area contributed by atoms with Gasteiger partial charge < -0.3 is 10.2 Å². The van der Waals surface area contributed by atoms with Crippen LogP contribution in [0.5, 0.6) is 5.75 Å². The van der Waals surface area contributed by atoms with Crippen LogP contribution in [-0.4, -0.2) is 10.2 Å². The monoisotopic (exact) mass is 406 g/mol. The molecule has 0 heterocycles. The zero-order valence-electron chi connectivity index (χ0n) is 17.5. The zero-order chi connectivity index (χ0) is 21.3. The number of aryl methyl sites for hydroxylation is 4. The van der Waals surface area contributed by atoms with Crippen LogP contribution in [0, 0.1) is 0 Å². The molecular formula is C29H26O2. The number of phenols is 1. The molecule has 2 heteroatoms. The van der Waals surface area contributed by atoms with Crippen molar-refractivity contribution < 1.29 is 10.2 Å². The summed E-state index contributed by atoms with van der Waals surface area (Å²) in [5.41, 5.74) is 5.05. The number of aliphatic hydroxyl groups is 1. The molecule has 8 rings (SSSR count). The van der Waals surface area contributed by atoms with Crippen LogP contribution in [0.4, 0.5) is 0 Å². The molecule has 0 fully saturated rings. The molecule has 0 unspecified atom stereocenters. The highest BCUT2D eigenvalue weighted by Crippen LogP contribution is 2.44. The van der Waals surface area contributed by atoms with E-state index in [1.807, 2.05) is 66.7 Å². The molecule has 0 aromatic heterocycles. The summed E-state index contributed by atoms with van der Waals surface area (Å²) in [5.74, 6) is 0.211. The summed E-state index contributed by atoms with van der Waals surface area (Å²) >= 11 is 0. The summed E-state index contributed by atoms with van der Waals surface area (Å²) in [4.78, 5) is 0. The van der Waals surface area contributed by atoms with Gasteiger partial charge in [0, 0.05) is 5.56 Å². The van der Waals surface area contributed by atoms with Crippen molar-refractivity contribution in [3.05, 3.63) is 136 Å². The largest absolute Gasteiger partial charge is 0.507 e. The van der Waals surface area contributed by atoms with Crippen molar-refractivity contribution in [2.75, 3.05) is 0 Å². The second-order valence-electron chi connectivity index (χ2n) is 8.37. The van der Waals surface area contributed by atoms with Gasteiger partial charge in [0.2, 0.25) is 0 Å². The molecule has 0 saturated heterocycles. The molecule has 0 saturated carbocycles. The molecule has 154 valence electrons. The van der Waals surface area contributed by atoms with Gasteiger partial charge in [-0.3, -0.25) is 0 Å². The second kappa shape index (κ2) is 8.05. The molecule has 4 aliphatic rings. The summed E-state index contributed by atoms with van der Waals surface area (Å²) in [6.45, 7) is 0. The van der Waals surface area contributed by atoms with Crippen LogP contribution in [0.25, 0.3) is 0 Å². The van der Waals surface area contributed by atoms with Gasteiger partial charge in [-0.05, 0) is 59.1 Å². The van der Waals surface area contributed by atoms with Crippen molar-refractivity contribution in [3.63, 3.8) is 0 Å². The van der Waals surface area contributed by atoms with Crippen molar-refractivity contribution in [2.45, 2.75) is 31.3 Å². The number of rotatable bonds is 3. The minimum Gasteiger partial charge on any atom is -0.507 e. The molecular weight excluding hydrogens is 380 g/mol. The normalized spacial score (nSPS) is 13.6. The van der Waals surface area contributed by atoms with E-state index in [2.05, 4.69) is 30.3 Å². The van der Waals surface area contributed by atoms with Gasteiger partial charge in [-0.2, -0.15) is 0 Å². The van der Waals surface area contributed by atoms with E-state index in [1.54, 1.807) is 0 Å². The predicted octanol–water partition coefficient (Wildman–Crippen LogP) is 5.56. The molecule has 0 spiro atoms. The van der Waals surface area contributed by atoms with E-state index in [-0.39, 0.29) is 5.75 Å². The Hall–Kier alpha value is -3.36. The minimum atomic E-state index is -1.44. The van der Waals surface area contributed by atoms with Crippen molar-refractivity contribution >= 4 is 0 Å². The Morgan fingerprint density at radius 3 is 1.48 bits per heavy atom. The van der Waals surface area contributed by atoms with Gasteiger partial charge in [0.05, 0.1) is 0 Å². The highest BCUT2D eigenvalue weighted by atomic mass is 16.3. The minimum absolute atomic E-state index is 0.211. The lowest BCUT2D eigenvalue weighted by atomic mass is 9.76. The molecule has 4 aromatic carbocycles. The van der Waals surface area contributed by atoms with Gasteiger partial charge in [0.25, 0.3) is 0 Å². The summed E-state index contributed by atoms with van der Waals surface area (Å²) in [6, 6.07) is 32.3. The fraction of sp³-hybridized carbons (Fsp3) is 0.172.